The van der Waals surface area contributed by atoms with Gasteiger partial charge in [-0.2, -0.15) is 0 Å². The van der Waals surface area contributed by atoms with Gasteiger partial charge in [0.05, 0.1) is 0 Å². The van der Waals surface area contributed by atoms with E-state index in [-0.39, 0.29) is 24.0 Å². The number of rotatable bonds is 6. The van der Waals surface area contributed by atoms with Crippen molar-refractivity contribution in [2.75, 3.05) is 26.2 Å². The smallest absolute Gasteiger partial charge is 0.306 e. The van der Waals surface area contributed by atoms with Crippen LogP contribution in [-0.2, 0) is 22.6 Å². The van der Waals surface area contributed by atoms with Gasteiger partial charge in [0.25, 0.3) is 0 Å². The van der Waals surface area contributed by atoms with Crippen LogP contribution in [-0.4, -0.2) is 53.6 Å². The molecule has 36 heavy (non-hydrogen) atoms. The second-order valence-electron chi connectivity index (χ2n) is 11.1. The summed E-state index contributed by atoms with van der Waals surface area (Å²) in [6.07, 6.45) is 5.27. The summed E-state index contributed by atoms with van der Waals surface area (Å²) < 4.78 is 5.44. The Hall–Kier alpha value is -1.92. The lowest BCUT2D eigenvalue weighted by Gasteiger charge is -2.32. The van der Waals surface area contributed by atoms with Gasteiger partial charge in [-0.05, 0) is 76.6 Å². The average Bonchev–Trinajstić information content (AvgIpc) is 2.80. The molecule has 0 radical (unpaired) electrons. The molecule has 2 N–H and O–H groups in total. The Kier molecular flexibility index (Phi) is 12.9. The second-order valence-corrected chi connectivity index (χ2v) is 11.1. The molecule has 4 rings (SSSR count). The Balaban J connectivity index is 0.000000265. The molecular weight excluding hydrogens is 470 g/mol. The number of hydrogen-bond donors (Lipinski definition) is 1. The second kappa shape index (κ2) is 15.4. The molecular formula is C30H46ClN3O2. The van der Waals surface area contributed by atoms with Gasteiger partial charge in [-0.1, -0.05) is 60.7 Å². The number of carbonyl (C=O) groups is 1. The normalized spacial score (nSPS) is 21.0. The lowest BCUT2D eigenvalue weighted by atomic mass is 9.94. The van der Waals surface area contributed by atoms with Crippen LogP contribution >= 0.6 is 12.4 Å². The van der Waals surface area contributed by atoms with Crippen molar-refractivity contribution in [1.29, 1.82) is 0 Å². The highest BCUT2D eigenvalue weighted by atomic mass is 35.5. The summed E-state index contributed by atoms with van der Waals surface area (Å²) >= 11 is 0. The first-order valence-corrected chi connectivity index (χ1v) is 13.3. The lowest BCUT2D eigenvalue weighted by molar-refractivity contribution is -0.156. The van der Waals surface area contributed by atoms with E-state index in [4.69, 9.17) is 10.5 Å². The minimum atomic E-state index is -0.379. The van der Waals surface area contributed by atoms with Crippen LogP contribution in [0.4, 0.5) is 0 Å². The van der Waals surface area contributed by atoms with Crippen molar-refractivity contribution in [2.24, 2.45) is 11.7 Å². The topological polar surface area (TPSA) is 58.8 Å². The number of carbonyl (C=O) groups excluding carboxylic acids is 1. The minimum Gasteiger partial charge on any atom is -0.460 e. The van der Waals surface area contributed by atoms with E-state index in [1.54, 1.807) is 0 Å². The first-order valence-electron chi connectivity index (χ1n) is 13.3. The maximum Gasteiger partial charge on any atom is 0.306 e. The highest BCUT2D eigenvalue weighted by Crippen LogP contribution is 2.23. The Labute approximate surface area is 224 Å². The summed E-state index contributed by atoms with van der Waals surface area (Å²) in [4.78, 5) is 16.9. The number of likely N-dealkylation sites (tertiary alicyclic amines) is 2. The Bertz CT molecular complexity index is 873. The van der Waals surface area contributed by atoms with Gasteiger partial charge in [-0.25, -0.2) is 0 Å². The summed E-state index contributed by atoms with van der Waals surface area (Å²) in [5, 5.41) is 0. The predicted molar refractivity (Wildman–Crippen MR) is 151 cm³/mol. The molecule has 6 heteroatoms. The van der Waals surface area contributed by atoms with Gasteiger partial charge in [0.2, 0.25) is 0 Å². The summed E-state index contributed by atoms with van der Waals surface area (Å²) in [6.45, 7) is 12.2. The van der Waals surface area contributed by atoms with E-state index < -0.39 is 0 Å². The Morgan fingerprint density at radius 2 is 1.36 bits per heavy atom. The quantitative estimate of drug-likeness (QED) is 0.503. The monoisotopic (exact) mass is 515 g/mol. The van der Waals surface area contributed by atoms with Gasteiger partial charge >= 0.3 is 5.97 Å². The van der Waals surface area contributed by atoms with E-state index in [0.29, 0.717) is 18.4 Å². The molecule has 5 nitrogen and oxygen atoms in total. The molecule has 0 aromatic heterocycles. The van der Waals surface area contributed by atoms with Crippen molar-refractivity contribution >= 4 is 18.4 Å². The van der Waals surface area contributed by atoms with Crippen LogP contribution in [0.5, 0.6) is 0 Å². The van der Waals surface area contributed by atoms with Gasteiger partial charge < -0.3 is 10.5 Å². The molecule has 2 fully saturated rings. The standard InChI is InChI=1S/C18H27NO2.C12H18N2.ClH/c1-18(2,3)21-17(20)12-16-10-7-11-19(14-16)13-15-8-5-4-6-9-15;13-12-7-4-8-14(10-12)9-11-5-2-1-3-6-11;/h4-6,8-9,16H,7,10-14H2,1-3H3;1-3,5-6,12H,4,7-10,13H2;1H/t16-;12-;/m01./s1. The fourth-order valence-electron chi connectivity index (χ4n) is 5.00. The number of nitrogens with two attached hydrogens (primary N) is 1. The first-order chi connectivity index (χ1) is 16.8. The van der Waals surface area contributed by atoms with Gasteiger partial charge in [0, 0.05) is 38.6 Å². The summed E-state index contributed by atoms with van der Waals surface area (Å²) in [5.41, 5.74) is 8.29. The van der Waals surface area contributed by atoms with Crippen molar-refractivity contribution in [3.05, 3.63) is 71.8 Å². The maximum absolute atomic E-state index is 12.0. The third kappa shape index (κ3) is 11.9. The van der Waals surface area contributed by atoms with E-state index in [2.05, 4.69) is 64.4 Å². The van der Waals surface area contributed by atoms with Crippen molar-refractivity contribution in [3.8, 4) is 0 Å². The van der Waals surface area contributed by atoms with E-state index in [1.807, 2.05) is 26.8 Å². The number of nitrogens with zero attached hydrogens (tertiary/aromatic N) is 2. The molecule has 0 spiro atoms. The molecule has 0 saturated carbocycles. The largest absolute Gasteiger partial charge is 0.460 e. The highest BCUT2D eigenvalue weighted by Gasteiger charge is 2.25. The number of piperidine rings is 2. The number of ether oxygens (including phenoxy) is 1. The molecule has 200 valence electrons. The number of hydrogen-bond acceptors (Lipinski definition) is 5. The molecule has 2 aliphatic heterocycles. The van der Waals surface area contributed by atoms with Crippen molar-refractivity contribution in [1.82, 2.24) is 9.80 Å². The lowest BCUT2D eigenvalue weighted by Crippen LogP contribution is -2.42. The van der Waals surface area contributed by atoms with E-state index in [1.165, 1.54) is 36.9 Å². The molecule has 2 aliphatic rings. The van der Waals surface area contributed by atoms with E-state index >= 15 is 0 Å². The fourth-order valence-corrected chi connectivity index (χ4v) is 5.00. The van der Waals surface area contributed by atoms with Crippen LogP contribution in [0.25, 0.3) is 0 Å². The van der Waals surface area contributed by atoms with E-state index in [0.717, 1.165) is 39.1 Å². The van der Waals surface area contributed by atoms with Crippen LogP contribution in [0, 0.1) is 5.92 Å². The SMILES string of the molecule is CC(C)(C)OC(=O)C[C@@H]1CCCN(Cc2ccccc2)C1.Cl.N[C@@H]1CCCN(Cc2ccccc2)C1. The number of halogens is 1. The zero-order valence-electron chi connectivity index (χ0n) is 22.4. The first kappa shape index (κ1) is 30.3. The minimum absolute atomic E-state index is 0. The third-order valence-electron chi connectivity index (χ3n) is 6.52. The van der Waals surface area contributed by atoms with Gasteiger partial charge in [0.1, 0.15) is 5.60 Å². The highest BCUT2D eigenvalue weighted by molar-refractivity contribution is 5.85. The van der Waals surface area contributed by atoms with Crippen molar-refractivity contribution in [2.45, 2.75) is 77.6 Å². The molecule has 0 aliphatic carbocycles. The van der Waals surface area contributed by atoms with Crippen LogP contribution in [0.2, 0.25) is 0 Å². The van der Waals surface area contributed by atoms with Crippen LogP contribution in [0.3, 0.4) is 0 Å². The Morgan fingerprint density at radius 1 is 0.861 bits per heavy atom. The van der Waals surface area contributed by atoms with Crippen LogP contribution in [0.15, 0.2) is 60.7 Å². The molecule has 2 aromatic rings. The molecule has 0 unspecified atom stereocenters. The third-order valence-corrected chi connectivity index (χ3v) is 6.52. The summed E-state index contributed by atoms with van der Waals surface area (Å²) in [7, 11) is 0. The molecule has 2 aromatic carbocycles. The van der Waals surface area contributed by atoms with Crippen LogP contribution in [0.1, 0.15) is 64.0 Å². The van der Waals surface area contributed by atoms with Crippen LogP contribution < -0.4 is 5.73 Å². The predicted octanol–water partition coefficient (Wildman–Crippen LogP) is 5.66. The molecule has 0 bridgehead atoms. The summed E-state index contributed by atoms with van der Waals surface area (Å²) in [6, 6.07) is 21.5. The molecule has 0 amide bonds. The van der Waals surface area contributed by atoms with Crippen molar-refractivity contribution in [3.63, 3.8) is 0 Å². The number of benzene rings is 2. The fraction of sp³-hybridized carbons (Fsp3) is 0.567. The van der Waals surface area contributed by atoms with Crippen molar-refractivity contribution < 1.29 is 9.53 Å². The maximum atomic E-state index is 12.0. The average molecular weight is 516 g/mol. The molecule has 2 atom stereocenters. The molecule has 2 heterocycles. The number of esters is 1. The van der Waals surface area contributed by atoms with Gasteiger partial charge in [-0.15, -0.1) is 12.4 Å². The van der Waals surface area contributed by atoms with E-state index in [9.17, 15) is 4.79 Å². The van der Waals surface area contributed by atoms with Gasteiger partial charge in [0.15, 0.2) is 0 Å². The summed E-state index contributed by atoms with van der Waals surface area (Å²) in [5.74, 6) is 0.367. The zero-order chi connectivity index (χ0) is 25.1. The zero-order valence-corrected chi connectivity index (χ0v) is 23.2. The van der Waals surface area contributed by atoms with Gasteiger partial charge in [-0.3, -0.25) is 14.6 Å². The Morgan fingerprint density at radius 3 is 1.86 bits per heavy atom. The molecule has 2 saturated heterocycles.